The Hall–Kier alpha value is 0.597. The van der Waals surface area contributed by atoms with E-state index in [0.717, 1.165) is 23.7 Å². The smallest absolute Gasteiger partial charge is 0.307 e. The van der Waals surface area contributed by atoms with Crippen molar-refractivity contribution in [2.24, 2.45) is 23.7 Å². The zero-order chi connectivity index (χ0) is 11.4. The van der Waals surface area contributed by atoms with Gasteiger partial charge in [0.2, 0.25) is 0 Å². The van der Waals surface area contributed by atoms with Crippen LogP contribution in [0.5, 0.6) is 0 Å². The molecule has 0 spiro atoms. The molecule has 0 aromatic rings. The zero-order valence-corrected chi connectivity index (χ0v) is 12.3. The van der Waals surface area contributed by atoms with Crippen LogP contribution in [0.2, 0.25) is 0 Å². The minimum absolute atomic E-state index is 0. The third-order valence-corrected chi connectivity index (χ3v) is 4.77. The van der Waals surface area contributed by atoms with Crippen LogP contribution >= 0.6 is 0 Å². The fraction of sp³-hybridized carbons (Fsp3) is 0.933. The third-order valence-electron chi connectivity index (χ3n) is 4.77. The zero-order valence-electron chi connectivity index (χ0n) is 12.3. The SMILES string of the molecule is CC[C-]1C(CC)C(CC)C(CC)C1CC.[Li+]. The quantitative estimate of drug-likeness (QED) is 0.487. The molecule has 0 aliphatic heterocycles. The third kappa shape index (κ3) is 2.88. The van der Waals surface area contributed by atoms with Gasteiger partial charge in [-0.05, 0) is 0 Å². The summed E-state index contributed by atoms with van der Waals surface area (Å²) in [5.41, 5.74) is 0. The van der Waals surface area contributed by atoms with Crippen molar-refractivity contribution in [3.8, 4) is 0 Å². The van der Waals surface area contributed by atoms with Crippen LogP contribution < -0.4 is 18.9 Å². The molecule has 16 heavy (non-hydrogen) atoms. The molecule has 0 saturated heterocycles. The fourth-order valence-electron chi connectivity index (χ4n) is 4.25. The van der Waals surface area contributed by atoms with Crippen molar-refractivity contribution in [2.45, 2.75) is 66.7 Å². The number of hydrogen-bond acceptors (Lipinski definition) is 0. The molecule has 1 rings (SSSR count). The van der Waals surface area contributed by atoms with Gasteiger partial charge in [-0.25, -0.2) is 0 Å². The van der Waals surface area contributed by atoms with Crippen LogP contribution in [-0.2, 0) is 0 Å². The maximum Gasteiger partial charge on any atom is 1.00 e. The van der Waals surface area contributed by atoms with E-state index in [0.29, 0.717) is 0 Å². The van der Waals surface area contributed by atoms with Crippen LogP contribution in [0.15, 0.2) is 0 Å². The Balaban J connectivity index is 0.00000225. The van der Waals surface area contributed by atoms with Gasteiger partial charge in [0.05, 0.1) is 0 Å². The summed E-state index contributed by atoms with van der Waals surface area (Å²) in [5.74, 6) is 5.75. The molecule has 1 fully saturated rings. The molecule has 0 nitrogen and oxygen atoms in total. The molecule has 4 atom stereocenters. The second-order valence-electron chi connectivity index (χ2n) is 5.10. The van der Waals surface area contributed by atoms with Crippen molar-refractivity contribution in [2.75, 3.05) is 0 Å². The molecule has 0 bridgehead atoms. The molecule has 90 valence electrons. The van der Waals surface area contributed by atoms with E-state index < -0.39 is 0 Å². The van der Waals surface area contributed by atoms with Crippen LogP contribution in [0.25, 0.3) is 0 Å². The van der Waals surface area contributed by atoms with E-state index in [4.69, 9.17) is 0 Å². The minimum Gasteiger partial charge on any atom is -0.307 e. The molecular weight excluding hydrogens is 187 g/mol. The van der Waals surface area contributed by atoms with Crippen molar-refractivity contribution in [1.29, 1.82) is 0 Å². The second-order valence-corrected chi connectivity index (χ2v) is 5.10. The summed E-state index contributed by atoms with van der Waals surface area (Å²) in [7, 11) is 0. The molecule has 0 amide bonds. The fourth-order valence-corrected chi connectivity index (χ4v) is 4.25. The van der Waals surface area contributed by atoms with E-state index in [1.807, 2.05) is 5.92 Å². The summed E-state index contributed by atoms with van der Waals surface area (Å²) >= 11 is 0. The average Bonchev–Trinajstić information content (AvgIpc) is 2.59. The molecule has 1 saturated carbocycles. The molecule has 1 aliphatic rings. The topological polar surface area (TPSA) is 0 Å². The van der Waals surface area contributed by atoms with Crippen molar-refractivity contribution in [3.05, 3.63) is 5.92 Å². The Bertz CT molecular complexity index is 122. The van der Waals surface area contributed by atoms with Crippen molar-refractivity contribution >= 4 is 0 Å². The van der Waals surface area contributed by atoms with E-state index >= 15 is 0 Å². The van der Waals surface area contributed by atoms with Gasteiger partial charge >= 0.3 is 18.9 Å². The number of rotatable bonds is 5. The Kier molecular flexibility index (Phi) is 8.13. The van der Waals surface area contributed by atoms with Gasteiger partial charge in [-0.15, -0.1) is 0 Å². The molecule has 0 heterocycles. The summed E-state index contributed by atoms with van der Waals surface area (Å²) in [6.07, 6.45) is 6.83. The Morgan fingerprint density at radius 1 is 0.688 bits per heavy atom. The maximum atomic E-state index is 2.39. The first-order chi connectivity index (χ1) is 7.24. The predicted molar refractivity (Wildman–Crippen MR) is 68.7 cm³/mol. The van der Waals surface area contributed by atoms with Gasteiger partial charge < -0.3 is 5.92 Å². The van der Waals surface area contributed by atoms with Gasteiger partial charge in [-0.3, -0.25) is 0 Å². The molecule has 0 aromatic carbocycles. The molecule has 1 heteroatoms. The average molecular weight is 216 g/mol. The van der Waals surface area contributed by atoms with E-state index in [1.165, 1.54) is 32.1 Å². The van der Waals surface area contributed by atoms with Gasteiger partial charge in [-0.2, -0.15) is 18.3 Å². The van der Waals surface area contributed by atoms with E-state index in [2.05, 4.69) is 34.6 Å². The molecule has 1 aliphatic carbocycles. The van der Waals surface area contributed by atoms with Gasteiger partial charge in [0.25, 0.3) is 0 Å². The Morgan fingerprint density at radius 3 is 1.25 bits per heavy atom. The first-order valence-electron chi connectivity index (χ1n) is 7.10. The van der Waals surface area contributed by atoms with E-state index in [1.54, 1.807) is 0 Å². The molecule has 4 unspecified atom stereocenters. The van der Waals surface area contributed by atoms with Crippen molar-refractivity contribution in [1.82, 2.24) is 0 Å². The molecule has 0 N–H and O–H groups in total. The minimum atomic E-state index is 0. The van der Waals surface area contributed by atoms with Gasteiger partial charge in [-0.1, -0.05) is 72.1 Å². The number of hydrogen-bond donors (Lipinski definition) is 0. The van der Waals surface area contributed by atoms with Gasteiger partial charge in [0, 0.05) is 0 Å². The molecule has 0 radical (unpaired) electrons. The van der Waals surface area contributed by atoms with Crippen LogP contribution in [-0.4, -0.2) is 0 Å². The summed E-state index contributed by atoms with van der Waals surface area (Å²) in [6, 6.07) is 0. The van der Waals surface area contributed by atoms with Gasteiger partial charge in [0.15, 0.2) is 0 Å². The predicted octanol–water partition coefficient (Wildman–Crippen LogP) is 2.09. The van der Waals surface area contributed by atoms with E-state index in [-0.39, 0.29) is 18.9 Å². The standard InChI is InChI=1S/C15H29.Li/c1-6-11-12(7-2)14(9-4)15(10-5)13(11)8-3;/h11-14H,6-10H2,1-5H3;/q-1;+1. The van der Waals surface area contributed by atoms with Crippen molar-refractivity contribution < 1.29 is 18.9 Å². The van der Waals surface area contributed by atoms with Crippen LogP contribution in [0.3, 0.4) is 0 Å². The van der Waals surface area contributed by atoms with Crippen LogP contribution in [0.4, 0.5) is 0 Å². The normalized spacial score (nSPS) is 35.1. The summed E-state index contributed by atoms with van der Waals surface area (Å²) in [6.45, 7) is 11.9. The second kappa shape index (κ2) is 7.83. The summed E-state index contributed by atoms with van der Waals surface area (Å²) < 4.78 is 0. The summed E-state index contributed by atoms with van der Waals surface area (Å²) in [4.78, 5) is 0. The largest absolute Gasteiger partial charge is 1.00 e. The monoisotopic (exact) mass is 216 g/mol. The first kappa shape index (κ1) is 16.6. The van der Waals surface area contributed by atoms with Crippen LogP contribution in [0, 0.1) is 29.6 Å². The summed E-state index contributed by atoms with van der Waals surface area (Å²) in [5, 5.41) is 0. The van der Waals surface area contributed by atoms with Gasteiger partial charge in [0.1, 0.15) is 0 Å². The Morgan fingerprint density at radius 2 is 1.06 bits per heavy atom. The van der Waals surface area contributed by atoms with E-state index in [9.17, 15) is 0 Å². The maximum absolute atomic E-state index is 2.39. The molecular formula is C15H29Li. The van der Waals surface area contributed by atoms with Crippen LogP contribution in [0.1, 0.15) is 66.7 Å². The molecule has 0 aromatic heterocycles. The Labute approximate surface area is 115 Å². The van der Waals surface area contributed by atoms with Crippen molar-refractivity contribution in [3.63, 3.8) is 0 Å². The first-order valence-corrected chi connectivity index (χ1v) is 7.10.